The molecule has 0 heterocycles. The Balaban J connectivity index is 1.97. The maximum atomic E-state index is 11.9. The molecule has 0 bridgehead atoms. The van der Waals surface area contributed by atoms with Crippen LogP contribution in [0, 0.1) is 0 Å². The lowest BCUT2D eigenvalue weighted by Gasteiger charge is -2.12. The summed E-state index contributed by atoms with van der Waals surface area (Å²) in [6.45, 7) is 0.0690. The first kappa shape index (κ1) is 15.3. The summed E-state index contributed by atoms with van der Waals surface area (Å²) in [5.41, 5.74) is 7.17. The van der Waals surface area contributed by atoms with Gasteiger partial charge < -0.3 is 21.3 Å². The fourth-order valence-electron chi connectivity index (χ4n) is 1.78. The van der Waals surface area contributed by atoms with Crippen molar-refractivity contribution >= 4 is 27.5 Å². The molecule has 0 spiro atoms. The molecule has 1 unspecified atom stereocenters. The zero-order chi connectivity index (χ0) is 15.4. The second kappa shape index (κ2) is 6.60. The Morgan fingerprint density at radius 3 is 2.52 bits per heavy atom. The van der Waals surface area contributed by atoms with Crippen LogP contribution < -0.4 is 11.1 Å². The quantitative estimate of drug-likeness (QED) is 0.635. The van der Waals surface area contributed by atoms with Crippen molar-refractivity contribution in [1.29, 1.82) is 0 Å². The molecule has 5 nitrogen and oxygen atoms in total. The summed E-state index contributed by atoms with van der Waals surface area (Å²) in [5.74, 6) is -0.381. The van der Waals surface area contributed by atoms with E-state index in [1.54, 1.807) is 36.4 Å². The van der Waals surface area contributed by atoms with Crippen molar-refractivity contribution in [2.75, 3.05) is 12.3 Å². The molecule has 0 radical (unpaired) electrons. The van der Waals surface area contributed by atoms with Crippen molar-refractivity contribution < 1.29 is 15.0 Å². The summed E-state index contributed by atoms with van der Waals surface area (Å²) in [4.78, 5) is 11.9. The van der Waals surface area contributed by atoms with Crippen LogP contribution in [0.2, 0.25) is 0 Å². The Labute approximate surface area is 130 Å². The Morgan fingerprint density at radius 1 is 1.24 bits per heavy atom. The van der Waals surface area contributed by atoms with Gasteiger partial charge in [-0.25, -0.2) is 0 Å². The van der Waals surface area contributed by atoms with Gasteiger partial charge in [0.15, 0.2) is 0 Å². The lowest BCUT2D eigenvalue weighted by molar-refractivity contribution is 0.0916. The molecule has 0 aliphatic carbocycles. The van der Waals surface area contributed by atoms with Crippen LogP contribution in [0.15, 0.2) is 46.9 Å². The summed E-state index contributed by atoms with van der Waals surface area (Å²) in [6, 6.07) is 11.3. The number of halogens is 1. The smallest absolute Gasteiger partial charge is 0.251 e. The van der Waals surface area contributed by atoms with Gasteiger partial charge in [0.25, 0.3) is 5.91 Å². The van der Waals surface area contributed by atoms with Crippen molar-refractivity contribution in [1.82, 2.24) is 5.32 Å². The normalized spacial score (nSPS) is 11.9. The number of benzene rings is 2. The highest BCUT2D eigenvalue weighted by Crippen LogP contribution is 2.24. The van der Waals surface area contributed by atoms with E-state index in [9.17, 15) is 15.0 Å². The first-order valence-corrected chi connectivity index (χ1v) is 7.07. The molecule has 5 N–H and O–H groups in total. The van der Waals surface area contributed by atoms with Crippen LogP contribution in [0.1, 0.15) is 22.0 Å². The number of carbonyl (C=O) groups is 1. The van der Waals surface area contributed by atoms with Gasteiger partial charge in [-0.05, 0) is 51.8 Å². The number of carbonyl (C=O) groups excluding carboxylic acids is 1. The summed E-state index contributed by atoms with van der Waals surface area (Å²) in [7, 11) is 0. The van der Waals surface area contributed by atoms with Crippen molar-refractivity contribution in [2.45, 2.75) is 6.10 Å². The molecule has 2 rings (SSSR count). The molecule has 6 heteroatoms. The average molecular weight is 351 g/mol. The highest BCUT2D eigenvalue weighted by atomic mass is 79.9. The summed E-state index contributed by atoms with van der Waals surface area (Å²) in [6.07, 6.45) is -0.821. The minimum atomic E-state index is -0.821. The highest BCUT2D eigenvalue weighted by Gasteiger charge is 2.12. The number of rotatable bonds is 4. The number of phenolic OH excluding ortho intramolecular Hbond substituents is 1. The van der Waals surface area contributed by atoms with E-state index < -0.39 is 6.10 Å². The Morgan fingerprint density at radius 2 is 1.90 bits per heavy atom. The number of hydrogen-bond donors (Lipinski definition) is 4. The molecule has 2 aromatic rings. The predicted octanol–water partition coefficient (Wildman–Crippen LogP) is 2.20. The lowest BCUT2D eigenvalue weighted by Crippen LogP contribution is -2.28. The second-order valence-corrected chi connectivity index (χ2v) is 5.41. The third-order valence-electron chi connectivity index (χ3n) is 2.99. The summed E-state index contributed by atoms with van der Waals surface area (Å²) in [5, 5.41) is 22.1. The van der Waals surface area contributed by atoms with Crippen LogP contribution in [0.3, 0.4) is 0 Å². The number of hydrogen-bond acceptors (Lipinski definition) is 4. The van der Waals surface area contributed by atoms with Crippen molar-refractivity contribution in [2.24, 2.45) is 0 Å². The van der Waals surface area contributed by atoms with Gasteiger partial charge in [0, 0.05) is 17.8 Å². The number of anilines is 1. The lowest BCUT2D eigenvalue weighted by atomic mass is 10.1. The summed E-state index contributed by atoms with van der Waals surface area (Å²) >= 11 is 3.15. The van der Waals surface area contributed by atoms with Gasteiger partial charge in [0.1, 0.15) is 5.75 Å². The SMILES string of the molecule is Nc1ccc(C(O)CNC(=O)c2ccc(Br)c(O)c2)cc1. The van der Waals surface area contributed by atoms with E-state index >= 15 is 0 Å². The topological polar surface area (TPSA) is 95.6 Å². The number of nitrogens with two attached hydrogens (primary N) is 1. The van der Waals surface area contributed by atoms with Gasteiger partial charge in [0.2, 0.25) is 0 Å². The van der Waals surface area contributed by atoms with Crippen LogP contribution >= 0.6 is 15.9 Å². The molecule has 0 aliphatic rings. The number of aromatic hydroxyl groups is 1. The van der Waals surface area contributed by atoms with Gasteiger partial charge in [-0.15, -0.1) is 0 Å². The number of nitrogens with one attached hydrogen (secondary N) is 1. The van der Waals surface area contributed by atoms with Crippen molar-refractivity contribution in [3.05, 3.63) is 58.1 Å². The molecule has 1 amide bonds. The molecule has 0 saturated carbocycles. The molecule has 0 aliphatic heterocycles. The van der Waals surface area contributed by atoms with Gasteiger partial charge >= 0.3 is 0 Å². The van der Waals surface area contributed by atoms with E-state index in [0.29, 0.717) is 21.3 Å². The maximum absolute atomic E-state index is 11.9. The number of aliphatic hydroxyl groups is 1. The predicted molar refractivity (Wildman–Crippen MR) is 84.0 cm³/mol. The van der Waals surface area contributed by atoms with Gasteiger partial charge in [0.05, 0.1) is 10.6 Å². The highest BCUT2D eigenvalue weighted by molar-refractivity contribution is 9.10. The minimum absolute atomic E-state index is 0.0123. The molecule has 2 aromatic carbocycles. The number of nitrogen functional groups attached to an aromatic ring is 1. The Hall–Kier alpha value is -2.05. The fraction of sp³-hybridized carbons (Fsp3) is 0.133. The van der Waals surface area contributed by atoms with E-state index in [0.717, 1.165) is 0 Å². The third-order valence-corrected chi connectivity index (χ3v) is 3.66. The molecule has 0 aromatic heterocycles. The molecule has 21 heavy (non-hydrogen) atoms. The van der Waals surface area contributed by atoms with Crippen LogP contribution in [0.25, 0.3) is 0 Å². The minimum Gasteiger partial charge on any atom is -0.507 e. The van der Waals surface area contributed by atoms with Crippen LogP contribution in [0.5, 0.6) is 5.75 Å². The largest absolute Gasteiger partial charge is 0.507 e. The monoisotopic (exact) mass is 350 g/mol. The molecule has 1 atom stereocenters. The fourth-order valence-corrected chi connectivity index (χ4v) is 2.03. The van der Waals surface area contributed by atoms with E-state index in [4.69, 9.17) is 5.73 Å². The molecular formula is C15H15BrN2O3. The van der Waals surface area contributed by atoms with Gasteiger partial charge in [-0.2, -0.15) is 0 Å². The van der Waals surface area contributed by atoms with Gasteiger partial charge in [-0.1, -0.05) is 12.1 Å². The Bertz CT molecular complexity index is 644. The maximum Gasteiger partial charge on any atom is 0.251 e. The van der Waals surface area contributed by atoms with Crippen LogP contribution in [-0.4, -0.2) is 22.7 Å². The molecule has 0 saturated heterocycles. The van der Waals surface area contributed by atoms with E-state index in [-0.39, 0.29) is 18.2 Å². The van der Waals surface area contributed by atoms with E-state index in [1.807, 2.05) is 0 Å². The molecular weight excluding hydrogens is 336 g/mol. The average Bonchev–Trinajstić information content (AvgIpc) is 2.48. The third kappa shape index (κ3) is 3.96. The molecule has 0 fully saturated rings. The first-order chi connectivity index (χ1) is 9.97. The summed E-state index contributed by atoms with van der Waals surface area (Å²) < 4.78 is 0.515. The van der Waals surface area contributed by atoms with Crippen LogP contribution in [-0.2, 0) is 0 Å². The standard InChI is InChI=1S/C15H15BrN2O3/c16-12-6-3-10(7-13(12)19)15(21)18-8-14(20)9-1-4-11(17)5-2-9/h1-7,14,19-20H,8,17H2,(H,18,21). The van der Waals surface area contributed by atoms with E-state index in [2.05, 4.69) is 21.2 Å². The van der Waals surface area contributed by atoms with Crippen LogP contribution in [0.4, 0.5) is 5.69 Å². The van der Waals surface area contributed by atoms with E-state index in [1.165, 1.54) is 6.07 Å². The Kier molecular flexibility index (Phi) is 4.82. The zero-order valence-electron chi connectivity index (χ0n) is 11.1. The van der Waals surface area contributed by atoms with Crippen molar-refractivity contribution in [3.63, 3.8) is 0 Å². The number of amides is 1. The molecule has 110 valence electrons. The number of aliphatic hydroxyl groups excluding tert-OH is 1. The number of phenols is 1. The second-order valence-electron chi connectivity index (χ2n) is 4.56. The van der Waals surface area contributed by atoms with Crippen molar-refractivity contribution in [3.8, 4) is 5.75 Å². The zero-order valence-corrected chi connectivity index (χ0v) is 12.7. The first-order valence-electron chi connectivity index (χ1n) is 6.27. The van der Waals surface area contributed by atoms with Gasteiger partial charge in [-0.3, -0.25) is 4.79 Å².